The maximum atomic E-state index is 12.0. The van der Waals surface area contributed by atoms with Crippen molar-refractivity contribution in [2.45, 2.75) is 26.5 Å². The summed E-state index contributed by atoms with van der Waals surface area (Å²) in [6.45, 7) is 3.58. The number of carbonyl (C=O) groups excluding carboxylic acids is 3. The smallest absolute Gasteiger partial charge is 0.338 e. The fraction of sp³-hybridized carbons (Fsp3) is 0.357. The third kappa shape index (κ3) is 2.96. The first kappa shape index (κ1) is 14.0. The molecule has 0 atom stereocenters. The Kier molecular flexibility index (Phi) is 4.02. The van der Waals surface area contributed by atoms with Crippen LogP contribution in [-0.4, -0.2) is 35.5 Å². The lowest BCUT2D eigenvalue weighted by atomic mass is 10.1. The summed E-state index contributed by atoms with van der Waals surface area (Å²) in [7, 11) is 0. The summed E-state index contributed by atoms with van der Waals surface area (Å²) in [6.07, 6.45) is -0.229. The Morgan fingerprint density at radius 2 is 2.05 bits per heavy atom. The van der Waals surface area contributed by atoms with Crippen LogP contribution < -0.4 is 5.32 Å². The topological polar surface area (TPSA) is 75.7 Å². The minimum atomic E-state index is -0.456. The van der Waals surface area contributed by atoms with Crippen molar-refractivity contribution in [2.24, 2.45) is 0 Å². The average molecular weight is 276 g/mol. The SMILES string of the molecule is CC(C)OC(=O)c1ccccc1CN1C(=O)CNC1=O. The molecule has 1 aromatic carbocycles. The van der Waals surface area contributed by atoms with Gasteiger partial charge in [0.1, 0.15) is 0 Å². The molecule has 1 saturated heterocycles. The summed E-state index contributed by atoms with van der Waals surface area (Å²) < 4.78 is 5.15. The second-order valence-electron chi connectivity index (χ2n) is 4.75. The molecule has 0 aliphatic carbocycles. The van der Waals surface area contributed by atoms with Crippen molar-refractivity contribution >= 4 is 17.9 Å². The number of nitrogens with zero attached hydrogens (tertiary/aromatic N) is 1. The number of hydrogen-bond acceptors (Lipinski definition) is 4. The minimum Gasteiger partial charge on any atom is -0.459 e. The number of amides is 3. The lowest BCUT2D eigenvalue weighted by Crippen LogP contribution is -2.31. The Bertz CT molecular complexity index is 538. The summed E-state index contributed by atoms with van der Waals surface area (Å²) in [5, 5.41) is 2.44. The van der Waals surface area contributed by atoms with E-state index < -0.39 is 12.0 Å². The minimum absolute atomic E-state index is 0.00254. The van der Waals surface area contributed by atoms with Gasteiger partial charge < -0.3 is 10.1 Å². The molecule has 1 aliphatic rings. The standard InChI is InChI=1S/C14H16N2O4/c1-9(2)20-13(18)11-6-4-3-5-10(11)8-16-12(17)7-15-14(16)19/h3-6,9H,7-8H2,1-2H3,(H,15,19). The number of imide groups is 1. The maximum Gasteiger partial charge on any atom is 0.338 e. The van der Waals surface area contributed by atoms with E-state index in [0.717, 1.165) is 4.90 Å². The number of hydrogen-bond donors (Lipinski definition) is 1. The molecule has 6 nitrogen and oxygen atoms in total. The highest BCUT2D eigenvalue weighted by Crippen LogP contribution is 2.15. The number of nitrogens with one attached hydrogen (secondary N) is 1. The third-order valence-corrected chi connectivity index (χ3v) is 2.85. The molecule has 2 rings (SSSR count). The Labute approximate surface area is 116 Å². The quantitative estimate of drug-likeness (QED) is 0.664. The fourth-order valence-corrected chi connectivity index (χ4v) is 1.92. The number of urea groups is 1. The van der Waals surface area contributed by atoms with Crippen LogP contribution in [0.5, 0.6) is 0 Å². The molecule has 20 heavy (non-hydrogen) atoms. The van der Waals surface area contributed by atoms with E-state index in [1.165, 1.54) is 0 Å². The average Bonchev–Trinajstić information content (AvgIpc) is 2.70. The van der Waals surface area contributed by atoms with E-state index in [4.69, 9.17) is 4.74 Å². The molecule has 6 heteroatoms. The zero-order chi connectivity index (χ0) is 14.7. The van der Waals surface area contributed by atoms with Gasteiger partial charge in [0.2, 0.25) is 5.91 Å². The number of ether oxygens (including phenoxy) is 1. The van der Waals surface area contributed by atoms with E-state index in [0.29, 0.717) is 11.1 Å². The molecule has 0 aromatic heterocycles. The van der Waals surface area contributed by atoms with E-state index in [2.05, 4.69) is 5.32 Å². The molecule has 0 spiro atoms. The van der Waals surface area contributed by atoms with Crippen LogP contribution >= 0.6 is 0 Å². The summed E-state index contributed by atoms with van der Waals surface area (Å²) in [5.74, 6) is -0.760. The van der Waals surface area contributed by atoms with Gasteiger partial charge in [-0.3, -0.25) is 9.69 Å². The first-order chi connectivity index (χ1) is 9.49. The first-order valence-electron chi connectivity index (χ1n) is 6.36. The van der Waals surface area contributed by atoms with Crippen LogP contribution in [0.3, 0.4) is 0 Å². The molecule has 1 aliphatic heterocycles. The third-order valence-electron chi connectivity index (χ3n) is 2.85. The van der Waals surface area contributed by atoms with Crippen molar-refractivity contribution in [3.05, 3.63) is 35.4 Å². The van der Waals surface area contributed by atoms with Crippen molar-refractivity contribution in [2.75, 3.05) is 6.54 Å². The van der Waals surface area contributed by atoms with Gasteiger partial charge in [-0.1, -0.05) is 18.2 Å². The normalized spacial score (nSPS) is 14.7. The zero-order valence-corrected chi connectivity index (χ0v) is 11.4. The highest BCUT2D eigenvalue weighted by atomic mass is 16.5. The number of benzene rings is 1. The van der Waals surface area contributed by atoms with Crippen LogP contribution in [0.15, 0.2) is 24.3 Å². The van der Waals surface area contributed by atoms with Crippen LogP contribution in [0.25, 0.3) is 0 Å². The molecule has 0 saturated carbocycles. The van der Waals surface area contributed by atoms with Gasteiger partial charge >= 0.3 is 12.0 Å². The number of esters is 1. The van der Waals surface area contributed by atoms with Crippen molar-refractivity contribution in [3.63, 3.8) is 0 Å². The molecular formula is C14H16N2O4. The van der Waals surface area contributed by atoms with Crippen LogP contribution in [-0.2, 0) is 16.1 Å². The lowest BCUT2D eigenvalue weighted by Gasteiger charge is -2.16. The second kappa shape index (κ2) is 5.73. The van der Waals surface area contributed by atoms with Gasteiger partial charge in [-0.15, -0.1) is 0 Å². The Hall–Kier alpha value is -2.37. The molecule has 1 fully saturated rings. The van der Waals surface area contributed by atoms with Gasteiger partial charge in [-0.05, 0) is 25.5 Å². The van der Waals surface area contributed by atoms with E-state index in [-0.39, 0.29) is 25.1 Å². The van der Waals surface area contributed by atoms with E-state index >= 15 is 0 Å². The first-order valence-corrected chi connectivity index (χ1v) is 6.36. The maximum absolute atomic E-state index is 12.0. The largest absolute Gasteiger partial charge is 0.459 e. The molecule has 0 bridgehead atoms. The van der Waals surface area contributed by atoms with Crippen LogP contribution in [0.1, 0.15) is 29.8 Å². The van der Waals surface area contributed by atoms with Gasteiger partial charge in [-0.2, -0.15) is 0 Å². The van der Waals surface area contributed by atoms with Crippen LogP contribution in [0, 0.1) is 0 Å². The highest BCUT2D eigenvalue weighted by molar-refractivity contribution is 6.02. The number of rotatable bonds is 4. The van der Waals surface area contributed by atoms with Crippen LogP contribution in [0.4, 0.5) is 4.79 Å². The second-order valence-corrected chi connectivity index (χ2v) is 4.75. The van der Waals surface area contributed by atoms with Gasteiger partial charge in [0.15, 0.2) is 0 Å². The summed E-state index contributed by atoms with van der Waals surface area (Å²) in [4.78, 5) is 36.2. The van der Waals surface area contributed by atoms with Gasteiger partial charge in [0.05, 0.1) is 24.8 Å². The monoisotopic (exact) mass is 276 g/mol. The van der Waals surface area contributed by atoms with Crippen molar-refractivity contribution < 1.29 is 19.1 Å². The predicted molar refractivity (Wildman–Crippen MR) is 70.9 cm³/mol. The molecule has 0 unspecified atom stereocenters. The predicted octanol–water partition coefficient (Wildman–Crippen LogP) is 1.30. The Morgan fingerprint density at radius 1 is 1.35 bits per heavy atom. The van der Waals surface area contributed by atoms with E-state index in [9.17, 15) is 14.4 Å². The molecule has 106 valence electrons. The summed E-state index contributed by atoms with van der Waals surface area (Å²) in [5.41, 5.74) is 0.956. The summed E-state index contributed by atoms with van der Waals surface area (Å²) >= 11 is 0. The van der Waals surface area contributed by atoms with Crippen molar-refractivity contribution in [1.29, 1.82) is 0 Å². The van der Waals surface area contributed by atoms with Crippen molar-refractivity contribution in [3.8, 4) is 0 Å². The highest BCUT2D eigenvalue weighted by Gasteiger charge is 2.29. The Balaban J connectivity index is 2.22. The van der Waals surface area contributed by atoms with Crippen LogP contribution in [0.2, 0.25) is 0 Å². The molecular weight excluding hydrogens is 260 g/mol. The van der Waals surface area contributed by atoms with Gasteiger partial charge in [-0.25, -0.2) is 9.59 Å². The zero-order valence-electron chi connectivity index (χ0n) is 11.4. The van der Waals surface area contributed by atoms with E-state index in [1.807, 2.05) is 0 Å². The fourth-order valence-electron chi connectivity index (χ4n) is 1.92. The molecule has 1 N–H and O–H groups in total. The van der Waals surface area contributed by atoms with E-state index in [1.54, 1.807) is 38.1 Å². The van der Waals surface area contributed by atoms with Gasteiger partial charge in [0.25, 0.3) is 0 Å². The number of carbonyl (C=O) groups is 3. The lowest BCUT2D eigenvalue weighted by molar-refractivity contribution is -0.125. The Morgan fingerprint density at radius 3 is 2.65 bits per heavy atom. The van der Waals surface area contributed by atoms with Gasteiger partial charge in [0, 0.05) is 0 Å². The molecule has 1 aromatic rings. The summed E-state index contributed by atoms with van der Waals surface area (Å²) in [6, 6.07) is 6.35. The molecule has 3 amide bonds. The molecule has 0 radical (unpaired) electrons. The molecule has 1 heterocycles. The van der Waals surface area contributed by atoms with Crippen molar-refractivity contribution in [1.82, 2.24) is 10.2 Å².